The molecule has 4 heteroatoms. The quantitative estimate of drug-likeness (QED) is 0.694. The van der Waals surface area contributed by atoms with Gasteiger partial charge in [0.2, 0.25) is 0 Å². The fraction of sp³-hybridized carbons (Fsp3) is 0.700. The minimum atomic E-state index is 0.573. The van der Waals surface area contributed by atoms with Crippen LogP contribution < -0.4 is 5.73 Å². The van der Waals surface area contributed by atoms with Crippen molar-refractivity contribution in [3.05, 3.63) is 17.5 Å². The van der Waals surface area contributed by atoms with Crippen LogP contribution in [0.15, 0.2) is 6.20 Å². The summed E-state index contributed by atoms with van der Waals surface area (Å²) in [5.41, 5.74) is 7.74. The third-order valence-corrected chi connectivity index (χ3v) is 2.25. The van der Waals surface area contributed by atoms with Gasteiger partial charge in [0, 0.05) is 38.6 Å². The Bertz CT molecular complexity index is 270. The first-order valence-corrected chi connectivity index (χ1v) is 5.00. The molecule has 1 aromatic rings. The number of hydrogen-bond donors (Lipinski definition) is 1. The fourth-order valence-corrected chi connectivity index (χ4v) is 1.39. The summed E-state index contributed by atoms with van der Waals surface area (Å²) in [7, 11) is 1.73. The van der Waals surface area contributed by atoms with Crippen LogP contribution in [-0.4, -0.2) is 23.5 Å². The van der Waals surface area contributed by atoms with Crippen molar-refractivity contribution < 1.29 is 4.74 Å². The highest BCUT2D eigenvalue weighted by Gasteiger charge is 2.01. The summed E-state index contributed by atoms with van der Waals surface area (Å²) in [6.07, 6.45) is 4.20. The van der Waals surface area contributed by atoms with Gasteiger partial charge in [-0.2, -0.15) is 5.10 Å². The smallest absolute Gasteiger partial charge is 0.0638 e. The minimum absolute atomic E-state index is 0.573. The Morgan fingerprint density at radius 2 is 2.29 bits per heavy atom. The topological polar surface area (TPSA) is 53.1 Å². The highest BCUT2D eigenvalue weighted by molar-refractivity contribution is 5.14. The number of nitrogens with two attached hydrogens (primary N) is 1. The molecule has 0 saturated carbocycles. The average Bonchev–Trinajstić information content (AvgIpc) is 2.54. The van der Waals surface area contributed by atoms with Crippen molar-refractivity contribution >= 4 is 0 Å². The van der Waals surface area contributed by atoms with E-state index in [4.69, 9.17) is 10.5 Å². The van der Waals surface area contributed by atoms with Crippen LogP contribution in [0.4, 0.5) is 0 Å². The second kappa shape index (κ2) is 5.78. The summed E-state index contributed by atoms with van der Waals surface area (Å²) in [6.45, 7) is 4.34. The SMILES string of the molecule is COCCCCn1cc(CN)c(C)n1. The van der Waals surface area contributed by atoms with E-state index >= 15 is 0 Å². The lowest BCUT2D eigenvalue weighted by atomic mass is 10.3. The maximum absolute atomic E-state index is 5.57. The van der Waals surface area contributed by atoms with Crippen LogP contribution in [0.1, 0.15) is 24.1 Å². The van der Waals surface area contributed by atoms with Gasteiger partial charge in [0.1, 0.15) is 0 Å². The number of nitrogens with zero attached hydrogens (tertiary/aromatic N) is 2. The predicted octanol–water partition coefficient (Wildman–Crippen LogP) is 1.08. The van der Waals surface area contributed by atoms with Gasteiger partial charge in [0.15, 0.2) is 0 Å². The van der Waals surface area contributed by atoms with Crippen LogP contribution in [-0.2, 0) is 17.8 Å². The average molecular weight is 197 g/mol. The molecule has 14 heavy (non-hydrogen) atoms. The largest absolute Gasteiger partial charge is 0.385 e. The maximum atomic E-state index is 5.57. The van der Waals surface area contributed by atoms with Crippen molar-refractivity contribution in [2.45, 2.75) is 32.9 Å². The van der Waals surface area contributed by atoms with E-state index in [9.17, 15) is 0 Å². The van der Waals surface area contributed by atoms with Crippen molar-refractivity contribution in [1.29, 1.82) is 0 Å². The highest BCUT2D eigenvalue weighted by atomic mass is 16.5. The van der Waals surface area contributed by atoms with E-state index in [1.807, 2.05) is 17.8 Å². The number of aryl methyl sites for hydroxylation is 2. The molecule has 0 aliphatic heterocycles. The third kappa shape index (κ3) is 3.12. The minimum Gasteiger partial charge on any atom is -0.385 e. The van der Waals surface area contributed by atoms with Crippen LogP contribution in [0.5, 0.6) is 0 Å². The fourth-order valence-electron chi connectivity index (χ4n) is 1.39. The molecular formula is C10H19N3O. The molecule has 80 valence electrons. The summed E-state index contributed by atoms with van der Waals surface area (Å²) >= 11 is 0. The molecule has 0 aliphatic carbocycles. The highest BCUT2D eigenvalue weighted by Crippen LogP contribution is 2.05. The third-order valence-electron chi connectivity index (χ3n) is 2.25. The van der Waals surface area contributed by atoms with Gasteiger partial charge in [0.05, 0.1) is 5.69 Å². The van der Waals surface area contributed by atoms with Gasteiger partial charge >= 0.3 is 0 Å². The number of methoxy groups -OCH3 is 1. The predicted molar refractivity (Wildman–Crippen MR) is 56.0 cm³/mol. The molecular weight excluding hydrogens is 178 g/mol. The molecule has 0 atom stereocenters. The Morgan fingerprint density at radius 1 is 1.50 bits per heavy atom. The molecule has 0 aromatic carbocycles. The molecule has 0 saturated heterocycles. The molecule has 0 aliphatic rings. The molecule has 0 bridgehead atoms. The van der Waals surface area contributed by atoms with Gasteiger partial charge in [-0.3, -0.25) is 4.68 Å². The first-order valence-electron chi connectivity index (χ1n) is 5.00. The van der Waals surface area contributed by atoms with E-state index in [1.54, 1.807) is 7.11 Å². The summed E-state index contributed by atoms with van der Waals surface area (Å²) in [5.74, 6) is 0. The second-order valence-corrected chi connectivity index (χ2v) is 3.41. The first-order chi connectivity index (χ1) is 6.77. The van der Waals surface area contributed by atoms with Crippen LogP contribution >= 0.6 is 0 Å². The van der Waals surface area contributed by atoms with Crippen LogP contribution in [0.2, 0.25) is 0 Å². The zero-order chi connectivity index (χ0) is 10.4. The molecule has 0 unspecified atom stereocenters. The number of hydrogen-bond acceptors (Lipinski definition) is 3. The summed E-state index contributed by atoms with van der Waals surface area (Å²) in [6, 6.07) is 0. The van der Waals surface area contributed by atoms with Crippen molar-refractivity contribution in [3.8, 4) is 0 Å². The molecule has 0 fully saturated rings. The molecule has 2 N–H and O–H groups in total. The standard InChI is InChI=1S/C10H19N3O/c1-9-10(7-11)8-13(12-9)5-3-4-6-14-2/h8H,3-7,11H2,1-2H3. The van der Waals surface area contributed by atoms with E-state index in [-0.39, 0.29) is 0 Å². The molecule has 1 heterocycles. The van der Waals surface area contributed by atoms with Gasteiger partial charge < -0.3 is 10.5 Å². The van der Waals surface area contributed by atoms with Crippen molar-refractivity contribution in [2.24, 2.45) is 5.73 Å². The number of rotatable bonds is 6. The van der Waals surface area contributed by atoms with E-state index < -0.39 is 0 Å². The van der Waals surface area contributed by atoms with Crippen molar-refractivity contribution in [1.82, 2.24) is 9.78 Å². The number of ether oxygens (including phenoxy) is 1. The van der Waals surface area contributed by atoms with Crippen LogP contribution in [0.3, 0.4) is 0 Å². The van der Waals surface area contributed by atoms with E-state index in [1.165, 1.54) is 0 Å². The summed E-state index contributed by atoms with van der Waals surface area (Å²) in [4.78, 5) is 0. The van der Waals surface area contributed by atoms with E-state index in [2.05, 4.69) is 5.10 Å². The van der Waals surface area contributed by atoms with Gasteiger partial charge in [-0.25, -0.2) is 0 Å². The lowest BCUT2D eigenvalue weighted by Gasteiger charge is -2.00. The molecule has 0 radical (unpaired) electrons. The summed E-state index contributed by atoms with van der Waals surface area (Å²) < 4.78 is 6.95. The summed E-state index contributed by atoms with van der Waals surface area (Å²) in [5, 5.41) is 4.37. The first kappa shape index (κ1) is 11.2. The lowest BCUT2D eigenvalue weighted by Crippen LogP contribution is -2.00. The normalized spacial score (nSPS) is 10.8. The lowest BCUT2D eigenvalue weighted by molar-refractivity contribution is 0.191. The Labute approximate surface area is 85.0 Å². The van der Waals surface area contributed by atoms with Crippen LogP contribution in [0, 0.1) is 6.92 Å². The Hall–Kier alpha value is -0.870. The van der Waals surface area contributed by atoms with Crippen molar-refractivity contribution in [2.75, 3.05) is 13.7 Å². The van der Waals surface area contributed by atoms with E-state index in [0.29, 0.717) is 6.54 Å². The van der Waals surface area contributed by atoms with Gasteiger partial charge in [-0.15, -0.1) is 0 Å². The monoisotopic (exact) mass is 197 g/mol. The second-order valence-electron chi connectivity index (χ2n) is 3.41. The number of aromatic nitrogens is 2. The van der Waals surface area contributed by atoms with Gasteiger partial charge in [-0.1, -0.05) is 0 Å². The Balaban J connectivity index is 2.35. The molecule has 0 amide bonds. The molecule has 0 spiro atoms. The van der Waals surface area contributed by atoms with Gasteiger partial charge in [-0.05, 0) is 19.8 Å². The zero-order valence-corrected chi connectivity index (χ0v) is 8.99. The van der Waals surface area contributed by atoms with Crippen LogP contribution in [0.25, 0.3) is 0 Å². The van der Waals surface area contributed by atoms with Crippen molar-refractivity contribution in [3.63, 3.8) is 0 Å². The molecule has 1 rings (SSSR count). The molecule has 4 nitrogen and oxygen atoms in total. The van der Waals surface area contributed by atoms with E-state index in [0.717, 1.165) is 37.3 Å². The number of unbranched alkanes of at least 4 members (excludes halogenated alkanes) is 1. The van der Waals surface area contributed by atoms with Gasteiger partial charge in [0.25, 0.3) is 0 Å². The Kier molecular flexibility index (Phi) is 4.62. The Morgan fingerprint density at radius 3 is 2.86 bits per heavy atom. The maximum Gasteiger partial charge on any atom is 0.0638 e. The zero-order valence-electron chi connectivity index (χ0n) is 8.99. The molecule has 1 aromatic heterocycles.